The summed E-state index contributed by atoms with van der Waals surface area (Å²) in [6, 6.07) is 5.12. The number of halogens is 4. The number of nitrogens with zero attached hydrogens (tertiary/aromatic N) is 3. The normalized spacial score (nSPS) is 12.6. The van der Waals surface area contributed by atoms with Crippen LogP contribution in [0, 0.1) is 10.1 Å². The fourth-order valence-electron chi connectivity index (χ4n) is 2.18. The van der Waals surface area contributed by atoms with Crippen molar-refractivity contribution < 1.29 is 32.4 Å². The van der Waals surface area contributed by atoms with Crippen LogP contribution in [-0.2, 0) is 22.7 Å². The minimum Gasteiger partial charge on any atom is -0.406 e. The van der Waals surface area contributed by atoms with Crippen LogP contribution in [0.4, 0.5) is 19.0 Å². The van der Waals surface area contributed by atoms with Crippen molar-refractivity contribution >= 4 is 34.3 Å². The molecular formula is C16H15ClF3N3O5S. The van der Waals surface area contributed by atoms with Gasteiger partial charge in [-0.1, -0.05) is 23.9 Å². The molecule has 0 spiro atoms. The Morgan fingerprint density at radius 3 is 2.55 bits per heavy atom. The van der Waals surface area contributed by atoms with Crippen LogP contribution in [-0.4, -0.2) is 37.8 Å². The van der Waals surface area contributed by atoms with E-state index in [1.54, 1.807) is 0 Å². The summed E-state index contributed by atoms with van der Waals surface area (Å²) in [5.41, 5.74) is 0.569. The van der Waals surface area contributed by atoms with Crippen molar-refractivity contribution in [2.24, 2.45) is 0 Å². The summed E-state index contributed by atoms with van der Waals surface area (Å²) in [6.45, 7) is 1.51. The van der Waals surface area contributed by atoms with Crippen molar-refractivity contribution in [2.75, 3.05) is 5.75 Å². The van der Waals surface area contributed by atoms with Crippen LogP contribution < -0.4 is 4.74 Å². The zero-order chi connectivity index (χ0) is 21.6. The molecule has 0 unspecified atom stereocenters. The molecule has 13 heteroatoms. The first-order valence-corrected chi connectivity index (χ1v) is 9.36. The second-order valence-corrected chi connectivity index (χ2v) is 7.24. The number of carbonyl (C=O) groups is 1. The molecular weight excluding hydrogens is 439 g/mol. The fraction of sp³-hybridized carbons (Fsp3) is 0.375. The Morgan fingerprint density at radius 2 is 2.03 bits per heavy atom. The molecule has 0 saturated carbocycles. The maximum Gasteiger partial charge on any atom is 0.573 e. The predicted molar refractivity (Wildman–Crippen MR) is 98.7 cm³/mol. The SMILES string of the molecule is CC(=O)SC[C@H](Cn1cc([N+](=O)[O-])nc1Cl)OCc1ccc(OC(F)(F)F)cc1. The number of rotatable bonds is 9. The number of thioether (sulfide) groups is 1. The lowest BCUT2D eigenvalue weighted by molar-refractivity contribution is -0.389. The molecule has 29 heavy (non-hydrogen) atoms. The smallest absolute Gasteiger partial charge is 0.406 e. The molecule has 1 atom stereocenters. The Kier molecular flexibility index (Phi) is 7.88. The van der Waals surface area contributed by atoms with Crippen molar-refractivity contribution in [1.82, 2.24) is 9.55 Å². The molecule has 0 aliphatic heterocycles. The van der Waals surface area contributed by atoms with Gasteiger partial charge in [-0.3, -0.25) is 9.36 Å². The van der Waals surface area contributed by atoms with Crippen LogP contribution >= 0.6 is 23.4 Å². The Labute approximate surface area is 172 Å². The monoisotopic (exact) mass is 453 g/mol. The van der Waals surface area contributed by atoms with E-state index in [2.05, 4.69) is 9.72 Å². The number of hydrogen-bond acceptors (Lipinski definition) is 7. The highest BCUT2D eigenvalue weighted by molar-refractivity contribution is 8.13. The lowest BCUT2D eigenvalue weighted by Gasteiger charge is -2.18. The van der Waals surface area contributed by atoms with E-state index in [0.29, 0.717) is 5.56 Å². The van der Waals surface area contributed by atoms with Crippen LogP contribution in [0.1, 0.15) is 12.5 Å². The first-order chi connectivity index (χ1) is 13.5. The average molecular weight is 454 g/mol. The van der Waals surface area contributed by atoms with Gasteiger partial charge in [0.2, 0.25) is 0 Å². The van der Waals surface area contributed by atoms with E-state index < -0.39 is 23.2 Å². The molecule has 158 valence electrons. The van der Waals surface area contributed by atoms with Gasteiger partial charge in [0.1, 0.15) is 11.9 Å². The second kappa shape index (κ2) is 9.94. The Bertz CT molecular complexity index is 860. The fourth-order valence-corrected chi connectivity index (χ4v) is 3.01. The van der Waals surface area contributed by atoms with Crippen molar-refractivity contribution in [1.29, 1.82) is 0 Å². The van der Waals surface area contributed by atoms with Gasteiger partial charge in [0, 0.05) is 12.7 Å². The zero-order valence-electron chi connectivity index (χ0n) is 14.9. The van der Waals surface area contributed by atoms with Gasteiger partial charge in [0.25, 0.3) is 0 Å². The Morgan fingerprint density at radius 1 is 1.38 bits per heavy atom. The number of nitro groups is 1. The zero-order valence-corrected chi connectivity index (χ0v) is 16.5. The van der Waals surface area contributed by atoms with Crippen molar-refractivity contribution in [3.63, 3.8) is 0 Å². The van der Waals surface area contributed by atoms with Crippen molar-refractivity contribution in [3.8, 4) is 5.75 Å². The van der Waals surface area contributed by atoms with Crippen molar-refractivity contribution in [2.45, 2.75) is 32.5 Å². The van der Waals surface area contributed by atoms with Gasteiger partial charge < -0.3 is 19.6 Å². The molecule has 0 N–H and O–H groups in total. The van der Waals surface area contributed by atoms with Gasteiger partial charge in [-0.15, -0.1) is 13.2 Å². The average Bonchev–Trinajstić information content (AvgIpc) is 2.98. The summed E-state index contributed by atoms with van der Waals surface area (Å²) >= 11 is 6.90. The molecule has 8 nitrogen and oxygen atoms in total. The molecule has 0 fully saturated rings. The summed E-state index contributed by atoms with van der Waals surface area (Å²) in [4.78, 5) is 25.0. The molecule has 0 aliphatic carbocycles. The molecule has 2 aromatic rings. The van der Waals surface area contributed by atoms with Crippen molar-refractivity contribution in [3.05, 3.63) is 51.4 Å². The summed E-state index contributed by atoms with van der Waals surface area (Å²) in [5, 5.41) is 10.6. The van der Waals surface area contributed by atoms with Crippen LogP contribution in [0.5, 0.6) is 5.75 Å². The van der Waals surface area contributed by atoms with E-state index in [1.165, 1.54) is 23.6 Å². The Balaban J connectivity index is 2.03. The summed E-state index contributed by atoms with van der Waals surface area (Å²) in [5.74, 6) is -0.539. The maximum atomic E-state index is 12.2. The van der Waals surface area contributed by atoms with Gasteiger partial charge in [-0.05, 0) is 39.2 Å². The van der Waals surface area contributed by atoms with E-state index in [-0.39, 0.29) is 35.1 Å². The van der Waals surface area contributed by atoms with E-state index in [9.17, 15) is 28.1 Å². The molecule has 1 heterocycles. The summed E-state index contributed by atoms with van der Waals surface area (Å²) in [7, 11) is 0. The molecule has 0 aliphatic rings. The highest BCUT2D eigenvalue weighted by atomic mass is 35.5. The molecule has 1 aromatic heterocycles. The number of alkyl halides is 3. The van der Waals surface area contributed by atoms with E-state index in [0.717, 1.165) is 30.1 Å². The summed E-state index contributed by atoms with van der Waals surface area (Å²) in [6.07, 6.45) is -4.19. The number of hydrogen-bond donors (Lipinski definition) is 0. The summed E-state index contributed by atoms with van der Waals surface area (Å²) < 4.78 is 47.5. The van der Waals surface area contributed by atoms with Crippen LogP contribution in [0.25, 0.3) is 0 Å². The van der Waals surface area contributed by atoms with Gasteiger partial charge in [0.05, 0.1) is 19.3 Å². The lowest BCUT2D eigenvalue weighted by Crippen LogP contribution is -2.23. The lowest BCUT2D eigenvalue weighted by atomic mass is 10.2. The molecule has 0 saturated heterocycles. The predicted octanol–water partition coefficient (Wildman–Crippen LogP) is 4.21. The highest BCUT2D eigenvalue weighted by Gasteiger charge is 2.31. The van der Waals surface area contributed by atoms with Gasteiger partial charge >= 0.3 is 17.5 Å². The second-order valence-electron chi connectivity index (χ2n) is 5.70. The Hall–Kier alpha value is -2.31. The van der Waals surface area contributed by atoms with Crippen LogP contribution in [0.3, 0.4) is 0 Å². The first kappa shape index (κ1) is 23.0. The van der Waals surface area contributed by atoms with Gasteiger partial charge in [-0.25, -0.2) is 0 Å². The molecule has 1 aromatic carbocycles. The van der Waals surface area contributed by atoms with Gasteiger partial charge in [0.15, 0.2) is 5.12 Å². The third kappa shape index (κ3) is 7.91. The highest BCUT2D eigenvalue weighted by Crippen LogP contribution is 2.23. The molecule has 0 amide bonds. The number of carbonyl (C=O) groups excluding carboxylic acids is 1. The number of ether oxygens (including phenoxy) is 2. The van der Waals surface area contributed by atoms with Gasteiger partial charge in [-0.2, -0.15) is 0 Å². The van der Waals surface area contributed by atoms with Crippen LogP contribution in [0.15, 0.2) is 30.5 Å². The minimum atomic E-state index is -4.78. The molecule has 2 rings (SSSR count). The molecule has 0 bridgehead atoms. The third-order valence-corrected chi connectivity index (χ3v) is 4.66. The van der Waals surface area contributed by atoms with E-state index >= 15 is 0 Å². The van der Waals surface area contributed by atoms with E-state index in [1.807, 2.05) is 0 Å². The standard InChI is InChI=1S/C16H15ClF3N3O5S/c1-10(24)29-9-13(6-22-7-14(23(25)26)21-15(22)17)27-8-11-2-4-12(5-3-11)28-16(18,19)20/h2-5,7,13H,6,8-9H2,1H3/t13-/m0/s1. The molecule has 0 radical (unpaired) electrons. The largest absolute Gasteiger partial charge is 0.573 e. The van der Waals surface area contributed by atoms with E-state index in [4.69, 9.17) is 16.3 Å². The maximum absolute atomic E-state index is 12.2. The number of imidazole rings is 1. The topological polar surface area (TPSA) is 96.5 Å². The van der Waals surface area contributed by atoms with Crippen LogP contribution in [0.2, 0.25) is 5.28 Å². The number of aromatic nitrogens is 2. The third-order valence-electron chi connectivity index (χ3n) is 3.42. The quantitative estimate of drug-likeness (QED) is 0.414. The number of benzene rings is 1. The first-order valence-electron chi connectivity index (χ1n) is 8.00. The minimum absolute atomic E-state index is 0.0316.